The highest BCUT2D eigenvalue weighted by atomic mass is 32.2. The molecule has 0 aliphatic carbocycles. The van der Waals surface area contributed by atoms with Crippen LogP contribution in [0.5, 0.6) is 0 Å². The molecule has 8 heteroatoms. The zero-order valence-corrected chi connectivity index (χ0v) is 12.4. The molecule has 0 saturated carbocycles. The summed E-state index contributed by atoms with van der Waals surface area (Å²) in [6.07, 6.45) is 0.209. The molecule has 1 aliphatic heterocycles. The lowest BCUT2D eigenvalue weighted by Gasteiger charge is -2.24. The number of carbonyl (C=O) groups is 1. The predicted molar refractivity (Wildman–Crippen MR) is 73.8 cm³/mol. The molecule has 1 heterocycles. The fourth-order valence-corrected chi connectivity index (χ4v) is 5.10. The van der Waals surface area contributed by atoms with E-state index in [1.165, 1.54) is 24.8 Å². The van der Waals surface area contributed by atoms with E-state index in [1.54, 1.807) is 0 Å². The average molecular weight is 319 g/mol. The Morgan fingerprint density at radius 3 is 2.75 bits per heavy atom. The molecule has 20 heavy (non-hydrogen) atoms. The number of sulfonamides is 1. The number of carboxylic acids is 1. The summed E-state index contributed by atoms with van der Waals surface area (Å²) in [4.78, 5) is 11.1. The van der Waals surface area contributed by atoms with Gasteiger partial charge < -0.3 is 5.11 Å². The number of hydrogen-bond donors (Lipinski definition) is 2. The third-order valence-corrected chi connectivity index (χ3v) is 6.07. The van der Waals surface area contributed by atoms with E-state index >= 15 is 0 Å². The maximum Gasteiger partial charge on any atom is 0.325 e. The minimum atomic E-state index is -4.08. The summed E-state index contributed by atoms with van der Waals surface area (Å²) in [7, 11) is -4.08. The summed E-state index contributed by atoms with van der Waals surface area (Å²) in [5.41, 5.74) is -1.15. The van der Waals surface area contributed by atoms with Crippen LogP contribution < -0.4 is 4.72 Å². The van der Waals surface area contributed by atoms with Crippen LogP contribution in [0.1, 0.15) is 12.0 Å². The highest BCUT2D eigenvalue weighted by Gasteiger charge is 2.45. The van der Waals surface area contributed by atoms with Gasteiger partial charge in [-0.3, -0.25) is 4.79 Å². The van der Waals surface area contributed by atoms with Crippen molar-refractivity contribution in [2.45, 2.75) is 23.8 Å². The molecule has 1 atom stereocenters. The quantitative estimate of drug-likeness (QED) is 0.876. The second kappa shape index (κ2) is 5.34. The number of nitrogens with one attached hydrogen (secondary N) is 1. The van der Waals surface area contributed by atoms with Crippen LogP contribution in [-0.2, 0) is 14.8 Å². The molecule has 1 saturated heterocycles. The molecule has 1 aromatic carbocycles. The number of thioether (sulfide) groups is 1. The first-order chi connectivity index (χ1) is 9.27. The van der Waals surface area contributed by atoms with Crippen LogP contribution in [0.3, 0.4) is 0 Å². The molecule has 0 aromatic heterocycles. The second-order valence-corrected chi connectivity index (χ2v) is 7.46. The standard InChI is InChI=1S/C12H14FNO4S2/c1-8-2-3-9(13)6-10(8)20(17,18)14-12(11(15)16)4-5-19-7-12/h2-3,6,14H,4-5,7H2,1H3,(H,15,16). The fourth-order valence-electron chi connectivity index (χ4n) is 2.03. The van der Waals surface area contributed by atoms with Crippen LogP contribution in [0.25, 0.3) is 0 Å². The van der Waals surface area contributed by atoms with Gasteiger partial charge in [0, 0.05) is 5.75 Å². The van der Waals surface area contributed by atoms with Gasteiger partial charge in [-0.15, -0.1) is 0 Å². The van der Waals surface area contributed by atoms with Gasteiger partial charge >= 0.3 is 5.97 Å². The third-order valence-electron chi connectivity index (χ3n) is 3.20. The summed E-state index contributed by atoms with van der Waals surface area (Å²) in [5, 5.41) is 9.28. The first-order valence-electron chi connectivity index (χ1n) is 5.88. The molecule has 5 nitrogen and oxygen atoms in total. The lowest BCUT2D eigenvalue weighted by molar-refractivity contribution is -0.142. The molecule has 110 valence electrons. The van der Waals surface area contributed by atoms with Gasteiger partial charge in [0.05, 0.1) is 4.90 Å². The number of carboxylic acid groups (broad SMARTS) is 1. The Hall–Kier alpha value is -1.12. The topological polar surface area (TPSA) is 83.5 Å². The molecule has 0 bridgehead atoms. The van der Waals surface area contributed by atoms with Crippen molar-refractivity contribution in [2.24, 2.45) is 0 Å². The zero-order valence-electron chi connectivity index (χ0n) is 10.7. The van der Waals surface area contributed by atoms with Crippen LogP contribution >= 0.6 is 11.8 Å². The van der Waals surface area contributed by atoms with Crippen molar-refractivity contribution in [3.8, 4) is 0 Å². The molecular weight excluding hydrogens is 305 g/mol. The third kappa shape index (κ3) is 2.82. The number of benzene rings is 1. The predicted octanol–water partition coefficient (Wildman–Crippen LogP) is 1.37. The highest BCUT2D eigenvalue weighted by Crippen LogP contribution is 2.30. The van der Waals surface area contributed by atoms with Gasteiger partial charge in [-0.1, -0.05) is 6.07 Å². The Kier molecular flexibility index (Phi) is 4.08. The number of rotatable bonds is 4. The summed E-state index contributed by atoms with van der Waals surface area (Å²) < 4.78 is 40.1. The fraction of sp³-hybridized carbons (Fsp3) is 0.417. The smallest absolute Gasteiger partial charge is 0.325 e. The van der Waals surface area contributed by atoms with E-state index in [9.17, 15) is 22.7 Å². The average Bonchev–Trinajstić information content (AvgIpc) is 2.81. The number of aryl methyl sites for hydroxylation is 1. The van der Waals surface area contributed by atoms with Crippen LogP contribution in [0.4, 0.5) is 4.39 Å². The molecule has 2 N–H and O–H groups in total. The zero-order chi connectivity index (χ0) is 15.0. The first-order valence-corrected chi connectivity index (χ1v) is 8.52. The maximum atomic E-state index is 13.2. The molecule has 1 fully saturated rings. The summed E-state index contributed by atoms with van der Waals surface area (Å²) in [6, 6.07) is 3.41. The largest absolute Gasteiger partial charge is 0.480 e. The van der Waals surface area contributed by atoms with Crippen molar-refractivity contribution in [3.63, 3.8) is 0 Å². The normalized spacial score (nSPS) is 22.9. The Balaban J connectivity index is 2.40. The molecule has 1 aromatic rings. The van der Waals surface area contributed by atoms with E-state index in [2.05, 4.69) is 4.72 Å². The summed E-state index contributed by atoms with van der Waals surface area (Å²) in [6.45, 7) is 1.53. The maximum absolute atomic E-state index is 13.2. The molecular formula is C12H14FNO4S2. The Labute approximate surface area is 120 Å². The van der Waals surface area contributed by atoms with E-state index in [0.29, 0.717) is 11.3 Å². The van der Waals surface area contributed by atoms with Gasteiger partial charge in [-0.25, -0.2) is 12.8 Å². The van der Waals surface area contributed by atoms with Crippen LogP contribution in [-0.4, -0.2) is 36.5 Å². The van der Waals surface area contributed by atoms with Gasteiger partial charge in [0.2, 0.25) is 10.0 Å². The van der Waals surface area contributed by atoms with E-state index in [0.717, 1.165) is 12.1 Å². The summed E-state index contributed by atoms with van der Waals surface area (Å²) >= 11 is 1.37. The minimum absolute atomic E-state index is 0.163. The number of aliphatic carboxylic acids is 1. The lowest BCUT2D eigenvalue weighted by atomic mass is 10.0. The van der Waals surface area contributed by atoms with Crippen LogP contribution in [0.15, 0.2) is 23.1 Å². The van der Waals surface area contributed by atoms with Crippen molar-refractivity contribution in [2.75, 3.05) is 11.5 Å². The van der Waals surface area contributed by atoms with Crippen molar-refractivity contribution >= 4 is 27.8 Å². The number of halogens is 1. The minimum Gasteiger partial charge on any atom is -0.480 e. The van der Waals surface area contributed by atoms with Crippen LogP contribution in [0.2, 0.25) is 0 Å². The Morgan fingerprint density at radius 2 is 2.20 bits per heavy atom. The van der Waals surface area contributed by atoms with Crippen molar-refractivity contribution in [3.05, 3.63) is 29.6 Å². The lowest BCUT2D eigenvalue weighted by Crippen LogP contribution is -2.54. The van der Waals surface area contributed by atoms with Crippen molar-refractivity contribution < 1.29 is 22.7 Å². The molecule has 2 rings (SSSR count). The highest BCUT2D eigenvalue weighted by molar-refractivity contribution is 7.99. The van der Waals surface area contributed by atoms with Gasteiger partial charge in [0.25, 0.3) is 0 Å². The Morgan fingerprint density at radius 1 is 1.50 bits per heavy atom. The molecule has 1 unspecified atom stereocenters. The molecule has 0 amide bonds. The first kappa shape index (κ1) is 15.3. The molecule has 0 spiro atoms. The van der Waals surface area contributed by atoms with Crippen molar-refractivity contribution in [1.82, 2.24) is 4.72 Å². The van der Waals surface area contributed by atoms with Gasteiger partial charge in [0.1, 0.15) is 11.4 Å². The van der Waals surface area contributed by atoms with Gasteiger partial charge in [0.15, 0.2) is 0 Å². The monoisotopic (exact) mass is 319 g/mol. The van der Waals surface area contributed by atoms with E-state index < -0.39 is 27.3 Å². The SMILES string of the molecule is Cc1ccc(F)cc1S(=O)(=O)NC1(C(=O)O)CCSC1. The molecule has 1 aliphatic rings. The van der Waals surface area contributed by atoms with Crippen molar-refractivity contribution in [1.29, 1.82) is 0 Å². The van der Waals surface area contributed by atoms with Gasteiger partial charge in [-0.2, -0.15) is 16.5 Å². The van der Waals surface area contributed by atoms with E-state index in [1.807, 2.05) is 0 Å². The number of hydrogen-bond acceptors (Lipinski definition) is 4. The van der Waals surface area contributed by atoms with E-state index in [4.69, 9.17) is 0 Å². The van der Waals surface area contributed by atoms with Gasteiger partial charge in [-0.05, 0) is 36.8 Å². The summed E-state index contributed by atoms with van der Waals surface area (Å²) in [5.74, 6) is -1.16. The van der Waals surface area contributed by atoms with Crippen LogP contribution in [0, 0.1) is 12.7 Å². The van der Waals surface area contributed by atoms with E-state index in [-0.39, 0.29) is 17.1 Å². The second-order valence-electron chi connectivity index (χ2n) is 4.71. The Bertz CT molecular complexity index is 639. The molecule has 0 radical (unpaired) electrons.